The summed E-state index contributed by atoms with van der Waals surface area (Å²) < 4.78 is 5.57. The Morgan fingerprint density at radius 2 is 2.07 bits per heavy atom. The highest BCUT2D eigenvalue weighted by atomic mass is 16.5. The Kier molecular flexibility index (Phi) is 4.56. The molecule has 0 aromatic heterocycles. The first-order valence-electron chi connectivity index (χ1n) is 4.87. The minimum absolute atomic E-state index is 0.624. The van der Waals surface area contributed by atoms with Gasteiger partial charge in [-0.15, -0.1) is 0 Å². The van der Waals surface area contributed by atoms with Crippen molar-refractivity contribution in [2.45, 2.75) is 13.3 Å². The van der Waals surface area contributed by atoms with Crippen molar-refractivity contribution in [2.75, 3.05) is 6.61 Å². The van der Waals surface area contributed by atoms with E-state index in [1.165, 1.54) is 0 Å². The summed E-state index contributed by atoms with van der Waals surface area (Å²) in [6, 6.07) is 7.89. The summed E-state index contributed by atoms with van der Waals surface area (Å²) in [7, 11) is 0. The molecule has 0 atom stereocenters. The lowest BCUT2D eigenvalue weighted by atomic mass is 10.2. The number of allylic oxidation sites excluding steroid dienone is 1. The lowest BCUT2D eigenvalue weighted by molar-refractivity contribution is 0.362. The Hall–Kier alpha value is -1.50. The fourth-order valence-corrected chi connectivity index (χ4v) is 1.15. The predicted octanol–water partition coefficient (Wildman–Crippen LogP) is 3.67. The molecule has 0 saturated carbocycles. The van der Waals surface area contributed by atoms with Crippen molar-refractivity contribution in [3.05, 3.63) is 48.6 Å². The molecule has 0 fully saturated rings. The minimum Gasteiger partial charge on any atom is -0.489 e. The molecule has 14 heavy (non-hydrogen) atoms. The number of rotatable bonds is 5. The molecule has 0 N–H and O–H groups in total. The van der Waals surface area contributed by atoms with Crippen molar-refractivity contribution in [1.82, 2.24) is 0 Å². The summed E-state index contributed by atoms with van der Waals surface area (Å²) in [6.45, 7) is 6.47. The molecule has 1 aromatic rings. The molecule has 0 aliphatic heterocycles. The van der Waals surface area contributed by atoms with Gasteiger partial charge < -0.3 is 4.74 Å². The number of ether oxygens (including phenoxy) is 1. The summed E-state index contributed by atoms with van der Waals surface area (Å²) in [6.07, 6.45) is 6.97. The Balaban J connectivity index is 2.57. The third kappa shape index (κ3) is 3.09. The Bertz CT molecular complexity index is 313. The normalized spacial score (nSPS) is 10.4. The quantitative estimate of drug-likeness (QED) is 0.640. The Labute approximate surface area is 85.7 Å². The van der Waals surface area contributed by atoms with E-state index >= 15 is 0 Å². The second-order valence-electron chi connectivity index (χ2n) is 2.93. The number of benzene rings is 1. The lowest BCUT2D eigenvalue weighted by Gasteiger charge is -2.05. The van der Waals surface area contributed by atoms with Crippen LogP contribution in [0.25, 0.3) is 6.08 Å². The molecular formula is C13H16O. The van der Waals surface area contributed by atoms with Gasteiger partial charge in [0, 0.05) is 5.56 Å². The molecule has 0 aliphatic rings. The van der Waals surface area contributed by atoms with E-state index in [2.05, 4.69) is 19.6 Å². The summed E-state index contributed by atoms with van der Waals surface area (Å²) in [5, 5.41) is 0. The summed E-state index contributed by atoms with van der Waals surface area (Å²) >= 11 is 0. The van der Waals surface area contributed by atoms with Crippen LogP contribution in [0.2, 0.25) is 0 Å². The maximum atomic E-state index is 5.57. The van der Waals surface area contributed by atoms with Gasteiger partial charge in [0.05, 0.1) is 0 Å². The van der Waals surface area contributed by atoms with Crippen molar-refractivity contribution in [3.8, 4) is 5.75 Å². The first kappa shape index (κ1) is 10.6. The topological polar surface area (TPSA) is 9.23 Å². The van der Waals surface area contributed by atoms with Crippen molar-refractivity contribution >= 4 is 6.08 Å². The summed E-state index contributed by atoms with van der Waals surface area (Å²) in [4.78, 5) is 0. The lowest BCUT2D eigenvalue weighted by Crippen LogP contribution is -1.94. The smallest absolute Gasteiger partial charge is 0.126 e. The molecule has 0 bridgehead atoms. The maximum Gasteiger partial charge on any atom is 0.126 e. The van der Waals surface area contributed by atoms with Crippen LogP contribution in [-0.2, 0) is 0 Å². The number of hydrogen-bond donors (Lipinski definition) is 0. The van der Waals surface area contributed by atoms with Gasteiger partial charge in [-0.2, -0.15) is 0 Å². The van der Waals surface area contributed by atoms with Crippen LogP contribution in [0.3, 0.4) is 0 Å². The Morgan fingerprint density at radius 1 is 1.29 bits per heavy atom. The average molecular weight is 188 g/mol. The molecular weight excluding hydrogens is 172 g/mol. The first-order valence-corrected chi connectivity index (χ1v) is 4.87. The van der Waals surface area contributed by atoms with Crippen LogP contribution in [0, 0.1) is 0 Å². The van der Waals surface area contributed by atoms with Gasteiger partial charge in [-0.3, -0.25) is 0 Å². The van der Waals surface area contributed by atoms with Crippen molar-refractivity contribution in [1.29, 1.82) is 0 Å². The zero-order valence-corrected chi connectivity index (χ0v) is 8.57. The molecule has 0 heterocycles. The van der Waals surface area contributed by atoms with Gasteiger partial charge in [-0.1, -0.05) is 49.9 Å². The van der Waals surface area contributed by atoms with Crippen LogP contribution in [0.4, 0.5) is 0 Å². The third-order valence-corrected chi connectivity index (χ3v) is 1.88. The SMILES string of the molecule is C=Cc1ccccc1OC/C=C/CC. The molecule has 1 aromatic carbocycles. The minimum atomic E-state index is 0.624. The second-order valence-corrected chi connectivity index (χ2v) is 2.93. The highest BCUT2D eigenvalue weighted by Gasteiger charge is 1.96. The van der Waals surface area contributed by atoms with Gasteiger partial charge in [0.2, 0.25) is 0 Å². The van der Waals surface area contributed by atoms with E-state index < -0.39 is 0 Å². The van der Waals surface area contributed by atoms with Gasteiger partial charge in [0.15, 0.2) is 0 Å². The largest absolute Gasteiger partial charge is 0.489 e. The fourth-order valence-electron chi connectivity index (χ4n) is 1.15. The molecule has 0 saturated heterocycles. The first-order chi connectivity index (χ1) is 6.88. The van der Waals surface area contributed by atoms with Gasteiger partial charge in [0.1, 0.15) is 12.4 Å². The zero-order valence-electron chi connectivity index (χ0n) is 8.57. The monoisotopic (exact) mass is 188 g/mol. The van der Waals surface area contributed by atoms with Gasteiger partial charge >= 0.3 is 0 Å². The van der Waals surface area contributed by atoms with Crippen LogP contribution >= 0.6 is 0 Å². The second kappa shape index (κ2) is 6.03. The van der Waals surface area contributed by atoms with E-state index in [0.717, 1.165) is 17.7 Å². The van der Waals surface area contributed by atoms with Crippen LogP contribution in [-0.4, -0.2) is 6.61 Å². The highest BCUT2D eigenvalue weighted by Crippen LogP contribution is 2.18. The molecule has 0 aliphatic carbocycles. The van der Waals surface area contributed by atoms with E-state index in [-0.39, 0.29) is 0 Å². The van der Waals surface area contributed by atoms with Gasteiger partial charge in [-0.25, -0.2) is 0 Å². The molecule has 0 radical (unpaired) electrons. The number of para-hydroxylation sites is 1. The van der Waals surface area contributed by atoms with E-state index in [0.29, 0.717) is 6.61 Å². The summed E-state index contributed by atoms with van der Waals surface area (Å²) in [5.74, 6) is 0.892. The predicted molar refractivity (Wildman–Crippen MR) is 61.5 cm³/mol. The van der Waals surface area contributed by atoms with Crippen LogP contribution in [0.1, 0.15) is 18.9 Å². The molecule has 0 amide bonds. The number of hydrogen-bond acceptors (Lipinski definition) is 1. The summed E-state index contributed by atoms with van der Waals surface area (Å²) in [5.41, 5.74) is 1.04. The van der Waals surface area contributed by atoms with Crippen molar-refractivity contribution in [3.63, 3.8) is 0 Å². The van der Waals surface area contributed by atoms with E-state index in [4.69, 9.17) is 4.74 Å². The van der Waals surface area contributed by atoms with Gasteiger partial charge in [-0.05, 0) is 12.5 Å². The molecule has 1 heteroatoms. The third-order valence-electron chi connectivity index (χ3n) is 1.88. The highest BCUT2D eigenvalue weighted by molar-refractivity contribution is 5.55. The molecule has 0 unspecified atom stereocenters. The molecule has 0 spiro atoms. The zero-order chi connectivity index (χ0) is 10.2. The van der Waals surface area contributed by atoms with E-state index in [9.17, 15) is 0 Å². The molecule has 74 valence electrons. The van der Waals surface area contributed by atoms with E-state index in [1.54, 1.807) is 6.08 Å². The van der Waals surface area contributed by atoms with Crippen molar-refractivity contribution in [2.24, 2.45) is 0 Å². The Morgan fingerprint density at radius 3 is 2.79 bits per heavy atom. The van der Waals surface area contributed by atoms with Gasteiger partial charge in [0.25, 0.3) is 0 Å². The standard InChI is InChI=1S/C13H16O/c1-3-5-8-11-14-13-10-7-6-9-12(13)4-2/h4-10H,2-3,11H2,1H3/b8-5+. The van der Waals surface area contributed by atoms with Crippen LogP contribution < -0.4 is 4.74 Å². The van der Waals surface area contributed by atoms with Crippen LogP contribution in [0.15, 0.2) is 43.0 Å². The van der Waals surface area contributed by atoms with Crippen LogP contribution in [0.5, 0.6) is 5.75 Å². The maximum absolute atomic E-state index is 5.57. The average Bonchev–Trinajstić information content (AvgIpc) is 2.25. The fraction of sp³-hybridized carbons (Fsp3) is 0.231. The van der Waals surface area contributed by atoms with Crippen molar-refractivity contribution < 1.29 is 4.74 Å². The van der Waals surface area contributed by atoms with E-state index in [1.807, 2.05) is 30.3 Å². The molecule has 1 nitrogen and oxygen atoms in total. The molecule has 1 rings (SSSR count).